The lowest BCUT2D eigenvalue weighted by atomic mass is 9.54. The van der Waals surface area contributed by atoms with E-state index in [4.69, 9.17) is 0 Å². The van der Waals surface area contributed by atoms with E-state index < -0.39 is 0 Å². The van der Waals surface area contributed by atoms with Crippen molar-refractivity contribution in [3.63, 3.8) is 0 Å². The minimum atomic E-state index is 0.629. The highest BCUT2D eigenvalue weighted by Crippen LogP contribution is 2.70. The molecule has 4 saturated carbocycles. The standard InChI is InChI=1S/C18H30/c1-17(2)8-7-12-10-14(17)16-15(12)11-5-6-13(9-11)18(16,3)4/h11-16H,5-10H2,1-4H3. The second kappa shape index (κ2) is 3.36. The van der Waals surface area contributed by atoms with Gasteiger partial charge >= 0.3 is 0 Å². The van der Waals surface area contributed by atoms with Crippen LogP contribution in [0.3, 0.4) is 0 Å². The van der Waals surface area contributed by atoms with Crippen LogP contribution in [0.5, 0.6) is 0 Å². The normalized spacial score (nSPS) is 55.3. The maximum Gasteiger partial charge on any atom is -0.0292 e. The summed E-state index contributed by atoms with van der Waals surface area (Å²) in [5, 5.41) is 0. The Bertz CT molecular complexity index is 364. The van der Waals surface area contributed by atoms with Crippen LogP contribution in [0.4, 0.5) is 0 Å². The summed E-state index contributed by atoms with van der Waals surface area (Å²) in [6.07, 6.45) is 9.32. The van der Waals surface area contributed by atoms with Crippen LogP contribution in [0.25, 0.3) is 0 Å². The Balaban J connectivity index is 1.79. The fourth-order valence-corrected chi connectivity index (χ4v) is 7.06. The van der Waals surface area contributed by atoms with Crippen LogP contribution in [0.1, 0.15) is 66.2 Å². The molecule has 0 spiro atoms. The van der Waals surface area contributed by atoms with Gasteiger partial charge in [0.25, 0.3) is 0 Å². The van der Waals surface area contributed by atoms with Crippen molar-refractivity contribution >= 4 is 0 Å². The molecule has 0 aromatic rings. The topological polar surface area (TPSA) is 0 Å². The molecule has 4 fully saturated rings. The Hall–Kier alpha value is 0. The Labute approximate surface area is 113 Å². The molecule has 4 bridgehead atoms. The third-order valence-corrected chi connectivity index (χ3v) is 8.04. The van der Waals surface area contributed by atoms with Gasteiger partial charge in [-0.25, -0.2) is 0 Å². The van der Waals surface area contributed by atoms with Crippen molar-refractivity contribution in [1.82, 2.24) is 0 Å². The largest absolute Gasteiger partial charge is 0.0596 e. The smallest absolute Gasteiger partial charge is 0.0292 e. The second-order valence-corrected chi connectivity index (χ2v) is 9.32. The number of hydrogen-bond donors (Lipinski definition) is 0. The fourth-order valence-electron chi connectivity index (χ4n) is 7.06. The lowest BCUT2D eigenvalue weighted by Gasteiger charge is -2.50. The van der Waals surface area contributed by atoms with Crippen molar-refractivity contribution in [1.29, 1.82) is 0 Å². The van der Waals surface area contributed by atoms with Crippen molar-refractivity contribution in [2.24, 2.45) is 46.3 Å². The van der Waals surface area contributed by atoms with E-state index in [1.165, 1.54) is 6.42 Å². The van der Waals surface area contributed by atoms with E-state index in [1.807, 2.05) is 0 Å². The van der Waals surface area contributed by atoms with Gasteiger partial charge in [0.15, 0.2) is 0 Å². The summed E-state index contributed by atoms with van der Waals surface area (Å²) in [7, 11) is 0. The average Bonchev–Trinajstić information content (AvgIpc) is 2.86. The molecule has 6 atom stereocenters. The molecule has 4 rings (SSSR count). The van der Waals surface area contributed by atoms with Gasteiger partial charge < -0.3 is 0 Å². The van der Waals surface area contributed by atoms with Gasteiger partial charge in [0.2, 0.25) is 0 Å². The molecule has 6 unspecified atom stereocenters. The number of rotatable bonds is 0. The van der Waals surface area contributed by atoms with E-state index in [9.17, 15) is 0 Å². The van der Waals surface area contributed by atoms with Gasteiger partial charge in [-0.1, -0.05) is 27.7 Å². The third kappa shape index (κ3) is 1.28. The maximum absolute atomic E-state index is 2.63. The maximum atomic E-state index is 2.63. The molecule has 0 aromatic heterocycles. The molecule has 4 aliphatic carbocycles. The van der Waals surface area contributed by atoms with Crippen LogP contribution >= 0.6 is 0 Å². The molecule has 0 heterocycles. The molecule has 102 valence electrons. The summed E-state index contributed by atoms with van der Waals surface area (Å²) < 4.78 is 0. The zero-order valence-electron chi connectivity index (χ0n) is 12.7. The molecular formula is C18H30. The molecule has 0 heteroatoms. The van der Waals surface area contributed by atoms with Crippen LogP contribution in [0.15, 0.2) is 0 Å². The second-order valence-electron chi connectivity index (χ2n) is 9.32. The minimum Gasteiger partial charge on any atom is -0.0596 e. The molecule has 4 aliphatic rings. The Morgan fingerprint density at radius 3 is 2.33 bits per heavy atom. The van der Waals surface area contributed by atoms with Crippen molar-refractivity contribution in [2.75, 3.05) is 0 Å². The third-order valence-electron chi connectivity index (χ3n) is 8.04. The molecule has 0 radical (unpaired) electrons. The van der Waals surface area contributed by atoms with Crippen molar-refractivity contribution in [2.45, 2.75) is 66.2 Å². The zero-order chi connectivity index (χ0) is 12.7. The SMILES string of the molecule is CC1(C)CCC2CC1C1C2C2CCC(C2)C1(C)C. The molecule has 18 heavy (non-hydrogen) atoms. The van der Waals surface area contributed by atoms with Gasteiger partial charge in [-0.05, 0) is 84.9 Å². The molecule has 0 amide bonds. The lowest BCUT2D eigenvalue weighted by Crippen LogP contribution is -2.45. The van der Waals surface area contributed by atoms with Gasteiger partial charge in [0.05, 0.1) is 0 Å². The van der Waals surface area contributed by atoms with Crippen molar-refractivity contribution < 1.29 is 0 Å². The van der Waals surface area contributed by atoms with E-state index in [0.717, 1.165) is 35.5 Å². The highest BCUT2D eigenvalue weighted by molar-refractivity contribution is 5.12. The monoisotopic (exact) mass is 246 g/mol. The first kappa shape index (κ1) is 11.8. The summed E-state index contributed by atoms with van der Waals surface area (Å²) in [4.78, 5) is 0. The van der Waals surface area contributed by atoms with Crippen LogP contribution in [0.2, 0.25) is 0 Å². The van der Waals surface area contributed by atoms with Crippen LogP contribution < -0.4 is 0 Å². The molecule has 0 aromatic carbocycles. The zero-order valence-corrected chi connectivity index (χ0v) is 12.7. The van der Waals surface area contributed by atoms with Gasteiger partial charge in [0, 0.05) is 0 Å². The average molecular weight is 246 g/mol. The van der Waals surface area contributed by atoms with Crippen LogP contribution in [0, 0.1) is 46.3 Å². The number of fused-ring (bicyclic) bond motifs is 8. The van der Waals surface area contributed by atoms with Crippen LogP contribution in [-0.4, -0.2) is 0 Å². The summed E-state index contributed by atoms with van der Waals surface area (Å²) >= 11 is 0. The Kier molecular flexibility index (Phi) is 2.20. The van der Waals surface area contributed by atoms with Crippen molar-refractivity contribution in [3.05, 3.63) is 0 Å². The van der Waals surface area contributed by atoms with Gasteiger partial charge in [-0.15, -0.1) is 0 Å². The highest BCUT2D eigenvalue weighted by Gasteiger charge is 2.63. The van der Waals surface area contributed by atoms with Gasteiger partial charge in [-0.2, -0.15) is 0 Å². The van der Waals surface area contributed by atoms with E-state index in [0.29, 0.717) is 10.8 Å². The van der Waals surface area contributed by atoms with E-state index in [1.54, 1.807) is 32.1 Å². The minimum absolute atomic E-state index is 0.629. The van der Waals surface area contributed by atoms with E-state index in [2.05, 4.69) is 27.7 Å². The highest BCUT2D eigenvalue weighted by atomic mass is 14.7. The van der Waals surface area contributed by atoms with Gasteiger partial charge in [-0.3, -0.25) is 0 Å². The predicted molar refractivity (Wildman–Crippen MR) is 76.2 cm³/mol. The molecule has 0 N–H and O–H groups in total. The fraction of sp³-hybridized carbons (Fsp3) is 1.00. The number of hydrogen-bond acceptors (Lipinski definition) is 0. The first-order chi connectivity index (χ1) is 8.41. The summed E-state index contributed by atoms with van der Waals surface area (Å²) in [6, 6.07) is 0. The van der Waals surface area contributed by atoms with E-state index in [-0.39, 0.29) is 0 Å². The predicted octanol–water partition coefficient (Wildman–Crippen LogP) is 5.13. The summed E-state index contributed by atoms with van der Waals surface area (Å²) in [5.74, 6) is 6.50. The lowest BCUT2D eigenvalue weighted by molar-refractivity contribution is -0.0243. The molecule has 0 aliphatic heterocycles. The molecule has 0 nitrogen and oxygen atoms in total. The summed E-state index contributed by atoms with van der Waals surface area (Å²) in [6.45, 7) is 10.4. The van der Waals surface area contributed by atoms with Gasteiger partial charge in [0.1, 0.15) is 0 Å². The van der Waals surface area contributed by atoms with Crippen LogP contribution in [-0.2, 0) is 0 Å². The quantitative estimate of drug-likeness (QED) is 0.556. The molecule has 0 saturated heterocycles. The van der Waals surface area contributed by atoms with Crippen molar-refractivity contribution in [3.8, 4) is 0 Å². The Morgan fingerprint density at radius 1 is 0.833 bits per heavy atom. The molecular weight excluding hydrogens is 216 g/mol. The summed E-state index contributed by atoms with van der Waals surface area (Å²) in [5.41, 5.74) is 1.27. The first-order valence-electron chi connectivity index (χ1n) is 8.41. The van der Waals surface area contributed by atoms with E-state index >= 15 is 0 Å². The Morgan fingerprint density at radius 2 is 1.56 bits per heavy atom. The first-order valence-corrected chi connectivity index (χ1v) is 8.41.